The van der Waals surface area contributed by atoms with Crippen LogP contribution >= 0.6 is 12.2 Å². The molecule has 3 aromatic carbocycles. The van der Waals surface area contributed by atoms with E-state index < -0.39 is 12.0 Å². The molecule has 0 fully saturated rings. The maximum absolute atomic E-state index is 13.7. The van der Waals surface area contributed by atoms with Crippen molar-refractivity contribution in [3.05, 3.63) is 101 Å². The highest BCUT2D eigenvalue weighted by atomic mass is 32.1. The smallest absolute Gasteiger partial charge is 0.337 e. The van der Waals surface area contributed by atoms with Crippen molar-refractivity contribution in [1.82, 2.24) is 5.32 Å². The number of anilines is 2. The maximum Gasteiger partial charge on any atom is 0.337 e. The van der Waals surface area contributed by atoms with E-state index in [9.17, 15) is 9.59 Å². The number of allylic oxidation sites excluding steroid dienone is 1. The fourth-order valence-corrected chi connectivity index (χ4v) is 4.40. The van der Waals surface area contributed by atoms with E-state index in [1.807, 2.05) is 54.3 Å². The Labute approximate surface area is 209 Å². The lowest BCUT2D eigenvalue weighted by Gasteiger charge is -2.38. The summed E-state index contributed by atoms with van der Waals surface area (Å²) in [6, 6.07) is 23.2. The summed E-state index contributed by atoms with van der Waals surface area (Å²) in [5.74, 6) is -0.179. The number of carbonyl (C=O) groups excluding carboxylic acids is 2. The second kappa shape index (κ2) is 10.4. The van der Waals surface area contributed by atoms with Crippen LogP contribution in [0.4, 0.5) is 11.4 Å². The summed E-state index contributed by atoms with van der Waals surface area (Å²) in [6.45, 7) is 1.87. The van der Waals surface area contributed by atoms with Crippen LogP contribution in [0, 0.1) is 0 Å². The number of thiocarbonyl (C=S) groups is 1. The summed E-state index contributed by atoms with van der Waals surface area (Å²) in [6.07, 6.45) is 0. The van der Waals surface area contributed by atoms with Crippen LogP contribution in [0.1, 0.15) is 28.9 Å². The zero-order chi connectivity index (χ0) is 24.9. The highest BCUT2D eigenvalue weighted by molar-refractivity contribution is 7.80. The predicted molar refractivity (Wildman–Crippen MR) is 140 cm³/mol. The topological polar surface area (TPSA) is 79.9 Å². The third kappa shape index (κ3) is 4.88. The molecule has 1 aliphatic heterocycles. The molecule has 1 aliphatic rings. The minimum Gasteiger partial charge on any atom is -0.495 e. The molecule has 0 spiro atoms. The molecule has 1 heterocycles. The largest absolute Gasteiger partial charge is 0.495 e. The number of nitrogens with one attached hydrogen (secondary N) is 2. The number of hydrogen-bond acceptors (Lipinski definition) is 5. The van der Waals surface area contributed by atoms with Gasteiger partial charge < -0.3 is 20.1 Å². The number of carbonyl (C=O) groups is 2. The zero-order valence-electron chi connectivity index (χ0n) is 19.6. The number of esters is 1. The second-order valence-electron chi connectivity index (χ2n) is 7.82. The Balaban J connectivity index is 1.79. The van der Waals surface area contributed by atoms with Crippen molar-refractivity contribution < 1.29 is 19.1 Å². The molecule has 178 valence electrons. The third-order valence-electron chi connectivity index (χ3n) is 5.76. The third-order valence-corrected chi connectivity index (χ3v) is 6.06. The zero-order valence-corrected chi connectivity index (χ0v) is 20.4. The average Bonchev–Trinajstić information content (AvgIpc) is 2.88. The number of para-hydroxylation sites is 3. The normalized spacial score (nSPS) is 15.3. The minimum atomic E-state index is -0.538. The molecular weight excluding hydrogens is 462 g/mol. The van der Waals surface area contributed by atoms with Gasteiger partial charge in [-0.25, -0.2) is 4.79 Å². The summed E-state index contributed by atoms with van der Waals surface area (Å²) >= 11 is 5.71. The van der Waals surface area contributed by atoms with Gasteiger partial charge in [0.05, 0.1) is 37.1 Å². The second-order valence-corrected chi connectivity index (χ2v) is 8.21. The monoisotopic (exact) mass is 487 g/mol. The molecule has 8 heteroatoms. The predicted octanol–water partition coefficient (Wildman–Crippen LogP) is 4.83. The molecule has 0 saturated carbocycles. The molecule has 0 bridgehead atoms. The first kappa shape index (κ1) is 24.0. The molecule has 0 aromatic heterocycles. The Hall–Kier alpha value is -4.17. The highest BCUT2D eigenvalue weighted by Crippen LogP contribution is 2.35. The molecule has 0 saturated heterocycles. The lowest BCUT2D eigenvalue weighted by molar-refractivity contribution is -0.113. The van der Waals surface area contributed by atoms with Crippen LogP contribution in [0.15, 0.2) is 90.1 Å². The summed E-state index contributed by atoms with van der Waals surface area (Å²) in [5.41, 5.74) is 3.76. The number of nitrogens with zero attached hydrogens (tertiary/aromatic N) is 1. The van der Waals surface area contributed by atoms with E-state index in [1.54, 1.807) is 43.5 Å². The van der Waals surface area contributed by atoms with Crippen LogP contribution in [-0.2, 0) is 9.53 Å². The first-order valence-corrected chi connectivity index (χ1v) is 11.3. The van der Waals surface area contributed by atoms with Crippen molar-refractivity contribution in [3.8, 4) is 5.75 Å². The first-order chi connectivity index (χ1) is 16.9. The van der Waals surface area contributed by atoms with Gasteiger partial charge in [0.25, 0.3) is 5.91 Å². The Kier molecular flexibility index (Phi) is 7.12. The summed E-state index contributed by atoms with van der Waals surface area (Å²) in [5, 5.41) is 6.75. The van der Waals surface area contributed by atoms with Gasteiger partial charge in [0.1, 0.15) is 5.75 Å². The van der Waals surface area contributed by atoms with Crippen molar-refractivity contribution in [3.63, 3.8) is 0 Å². The Morgan fingerprint density at radius 3 is 2.26 bits per heavy atom. The van der Waals surface area contributed by atoms with Crippen LogP contribution in [0.5, 0.6) is 5.75 Å². The van der Waals surface area contributed by atoms with Crippen LogP contribution in [0.2, 0.25) is 0 Å². The van der Waals surface area contributed by atoms with E-state index in [1.165, 1.54) is 7.11 Å². The standard InChI is InChI=1S/C27H25N3O4S/c1-17-23(25(31)28-21-11-7-8-12-22(21)33-2)24(18-13-15-19(16-14-18)26(32)34-3)29-27(35)30(17)20-9-5-4-6-10-20/h4-16,24H,1-3H3,(H,28,31)(H,29,35)/t24-/m0/s1. The van der Waals surface area contributed by atoms with Crippen molar-refractivity contribution >= 4 is 40.6 Å². The Bertz CT molecular complexity index is 1290. The molecule has 0 unspecified atom stereocenters. The molecule has 0 radical (unpaired) electrons. The summed E-state index contributed by atoms with van der Waals surface area (Å²) in [4.78, 5) is 27.5. The molecule has 4 rings (SSSR count). The summed E-state index contributed by atoms with van der Waals surface area (Å²) < 4.78 is 10.2. The van der Waals surface area contributed by atoms with Gasteiger partial charge >= 0.3 is 5.97 Å². The van der Waals surface area contributed by atoms with Gasteiger partial charge in [-0.1, -0.05) is 42.5 Å². The SMILES string of the molecule is COC(=O)c1ccc([C@@H]2NC(=S)N(c3ccccc3)C(C)=C2C(=O)Nc2ccccc2OC)cc1. The molecule has 0 aliphatic carbocycles. The molecule has 1 amide bonds. The molecule has 7 nitrogen and oxygen atoms in total. The Morgan fingerprint density at radius 1 is 0.943 bits per heavy atom. The van der Waals surface area contributed by atoms with Crippen LogP contribution in [0.25, 0.3) is 0 Å². The van der Waals surface area contributed by atoms with E-state index in [0.717, 1.165) is 11.3 Å². The van der Waals surface area contributed by atoms with E-state index in [4.69, 9.17) is 21.7 Å². The van der Waals surface area contributed by atoms with Crippen molar-refractivity contribution in [2.24, 2.45) is 0 Å². The van der Waals surface area contributed by atoms with Crippen molar-refractivity contribution in [2.75, 3.05) is 24.4 Å². The van der Waals surface area contributed by atoms with Gasteiger partial charge in [0.2, 0.25) is 0 Å². The van der Waals surface area contributed by atoms with Gasteiger partial charge in [-0.2, -0.15) is 0 Å². The average molecular weight is 488 g/mol. The van der Waals surface area contributed by atoms with E-state index in [0.29, 0.717) is 33.4 Å². The highest BCUT2D eigenvalue weighted by Gasteiger charge is 2.35. The first-order valence-electron chi connectivity index (χ1n) is 10.9. The number of ether oxygens (including phenoxy) is 2. The molecule has 1 atom stereocenters. The number of methoxy groups -OCH3 is 2. The molecule has 2 N–H and O–H groups in total. The number of amides is 1. The fourth-order valence-electron chi connectivity index (χ4n) is 4.04. The van der Waals surface area contributed by atoms with Gasteiger partial charge in [0.15, 0.2) is 5.11 Å². The van der Waals surface area contributed by atoms with E-state index in [-0.39, 0.29) is 5.91 Å². The molecule has 35 heavy (non-hydrogen) atoms. The fraction of sp³-hybridized carbons (Fsp3) is 0.148. The molecule has 3 aromatic rings. The number of rotatable bonds is 6. The van der Waals surface area contributed by atoms with Crippen molar-refractivity contribution in [2.45, 2.75) is 13.0 Å². The van der Waals surface area contributed by atoms with Gasteiger partial charge in [-0.3, -0.25) is 9.69 Å². The van der Waals surface area contributed by atoms with Gasteiger partial charge in [0, 0.05) is 11.4 Å². The van der Waals surface area contributed by atoms with Crippen molar-refractivity contribution in [1.29, 1.82) is 0 Å². The van der Waals surface area contributed by atoms with Gasteiger partial charge in [-0.05, 0) is 61.1 Å². The number of benzene rings is 3. The number of hydrogen-bond donors (Lipinski definition) is 2. The van der Waals surface area contributed by atoms with Crippen LogP contribution < -0.4 is 20.3 Å². The lowest BCUT2D eigenvalue weighted by Crippen LogP contribution is -2.48. The van der Waals surface area contributed by atoms with Crippen LogP contribution in [-0.4, -0.2) is 31.2 Å². The lowest BCUT2D eigenvalue weighted by atomic mass is 9.93. The van der Waals surface area contributed by atoms with E-state index >= 15 is 0 Å². The quantitative estimate of drug-likeness (QED) is 0.381. The Morgan fingerprint density at radius 2 is 1.60 bits per heavy atom. The van der Waals surface area contributed by atoms with E-state index in [2.05, 4.69) is 10.6 Å². The van der Waals surface area contributed by atoms with Gasteiger partial charge in [-0.15, -0.1) is 0 Å². The maximum atomic E-state index is 13.7. The minimum absolute atomic E-state index is 0.301. The summed E-state index contributed by atoms with van der Waals surface area (Å²) in [7, 11) is 2.89. The molecular formula is C27H25N3O4S. The van der Waals surface area contributed by atoms with Crippen LogP contribution in [0.3, 0.4) is 0 Å².